The molecular formula is C12H26N2O2. The summed E-state index contributed by atoms with van der Waals surface area (Å²) < 4.78 is 0. The van der Waals surface area contributed by atoms with Crippen LogP contribution in [0.15, 0.2) is 0 Å². The molecule has 0 saturated carbocycles. The van der Waals surface area contributed by atoms with E-state index in [1.165, 1.54) is 0 Å². The molecule has 0 aromatic carbocycles. The Bertz CT molecular complexity index is 205. The smallest absolute Gasteiger partial charge is 0.237 e. The van der Waals surface area contributed by atoms with Gasteiger partial charge in [-0.3, -0.25) is 4.79 Å². The minimum absolute atomic E-state index is 0.0294. The van der Waals surface area contributed by atoms with Crippen LogP contribution in [0.3, 0.4) is 0 Å². The molecule has 4 N–H and O–H groups in total. The molecule has 2 atom stereocenters. The maximum Gasteiger partial charge on any atom is 0.237 e. The van der Waals surface area contributed by atoms with E-state index in [4.69, 9.17) is 10.8 Å². The molecular weight excluding hydrogens is 204 g/mol. The van der Waals surface area contributed by atoms with Crippen molar-refractivity contribution in [1.29, 1.82) is 0 Å². The van der Waals surface area contributed by atoms with Crippen molar-refractivity contribution in [2.75, 3.05) is 6.61 Å². The van der Waals surface area contributed by atoms with E-state index in [0.29, 0.717) is 18.3 Å². The summed E-state index contributed by atoms with van der Waals surface area (Å²) >= 11 is 0. The summed E-state index contributed by atoms with van der Waals surface area (Å²) in [5.41, 5.74) is 5.76. The van der Waals surface area contributed by atoms with Gasteiger partial charge in [0.15, 0.2) is 0 Å². The second-order valence-electron chi connectivity index (χ2n) is 5.25. The highest BCUT2D eigenvalue weighted by atomic mass is 16.3. The van der Waals surface area contributed by atoms with Gasteiger partial charge in [0, 0.05) is 0 Å². The number of carbonyl (C=O) groups is 1. The summed E-state index contributed by atoms with van der Waals surface area (Å²) in [7, 11) is 0. The van der Waals surface area contributed by atoms with Crippen LogP contribution in [-0.4, -0.2) is 29.7 Å². The van der Waals surface area contributed by atoms with Crippen molar-refractivity contribution in [3.8, 4) is 0 Å². The molecule has 4 nitrogen and oxygen atoms in total. The van der Waals surface area contributed by atoms with E-state index in [9.17, 15) is 4.79 Å². The number of hydrogen-bond acceptors (Lipinski definition) is 3. The van der Waals surface area contributed by atoms with Crippen LogP contribution < -0.4 is 11.1 Å². The molecule has 4 heteroatoms. The maximum absolute atomic E-state index is 11.7. The summed E-state index contributed by atoms with van der Waals surface area (Å²) in [4.78, 5) is 11.7. The van der Waals surface area contributed by atoms with E-state index in [-0.39, 0.29) is 18.6 Å². The predicted molar refractivity (Wildman–Crippen MR) is 65.9 cm³/mol. The third kappa shape index (κ3) is 6.80. The zero-order chi connectivity index (χ0) is 12.7. The molecule has 0 aliphatic carbocycles. The van der Waals surface area contributed by atoms with Crippen LogP contribution in [0.25, 0.3) is 0 Å². The van der Waals surface area contributed by atoms with Crippen LogP contribution in [-0.2, 0) is 4.79 Å². The zero-order valence-corrected chi connectivity index (χ0v) is 10.9. The Kier molecular flexibility index (Phi) is 7.34. The molecule has 0 spiro atoms. The van der Waals surface area contributed by atoms with Crippen molar-refractivity contribution in [3.63, 3.8) is 0 Å². The van der Waals surface area contributed by atoms with E-state index < -0.39 is 6.04 Å². The lowest BCUT2D eigenvalue weighted by atomic mass is 10.0. The fourth-order valence-corrected chi connectivity index (χ4v) is 1.67. The maximum atomic E-state index is 11.7. The van der Waals surface area contributed by atoms with Gasteiger partial charge in [0.25, 0.3) is 0 Å². The molecule has 0 aromatic heterocycles. The Balaban J connectivity index is 4.08. The largest absolute Gasteiger partial charge is 0.394 e. The number of rotatable bonds is 7. The quantitative estimate of drug-likeness (QED) is 0.608. The standard InChI is InChI=1S/C12H26N2O2/c1-8(2)5-10(7-15)14-12(16)11(13)6-9(3)4/h8-11,15H,5-7,13H2,1-4H3,(H,14,16)/t10?,11-/m1/s1. The highest BCUT2D eigenvalue weighted by Gasteiger charge is 2.19. The third-order valence-electron chi connectivity index (χ3n) is 2.38. The molecule has 0 aromatic rings. The van der Waals surface area contributed by atoms with Crippen molar-refractivity contribution < 1.29 is 9.90 Å². The molecule has 96 valence electrons. The van der Waals surface area contributed by atoms with Crippen molar-refractivity contribution in [3.05, 3.63) is 0 Å². The summed E-state index contributed by atoms with van der Waals surface area (Å²) in [6.45, 7) is 8.15. The van der Waals surface area contributed by atoms with Crippen LogP contribution in [0.1, 0.15) is 40.5 Å². The molecule has 0 bridgehead atoms. The zero-order valence-electron chi connectivity index (χ0n) is 10.9. The summed E-state index contributed by atoms with van der Waals surface area (Å²) in [6, 6.07) is -0.646. The van der Waals surface area contributed by atoms with Crippen molar-refractivity contribution in [1.82, 2.24) is 5.32 Å². The van der Waals surface area contributed by atoms with Gasteiger partial charge in [-0.2, -0.15) is 0 Å². The molecule has 0 radical (unpaired) electrons. The molecule has 0 fully saturated rings. The first-order valence-electron chi connectivity index (χ1n) is 6.03. The van der Waals surface area contributed by atoms with Gasteiger partial charge in [-0.1, -0.05) is 27.7 Å². The number of aliphatic hydroxyl groups is 1. The van der Waals surface area contributed by atoms with Crippen LogP contribution in [0, 0.1) is 11.8 Å². The second kappa shape index (κ2) is 7.63. The van der Waals surface area contributed by atoms with E-state index in [0.717, 1.165) is 6.42 Å². The van der Waals surface area contributed by atoms with Gasteiger partial charge in [0.1, 0.15) is 0 Å². The lowest BCUT2D eigenvalue weighted by Gasteiger charge is -2.21. The van der Waals surface area contributed by atoms with Gasteiger partial charge in [0.05, 0.1) is 18.7 Å². The fraction of sp³-hybridized carbons (Fsp3) is 0.917. The summed E-state index contributed by atoms with van der Waals surface area (Å²) in [6.07, 6.45) is 1.45. The second-order valence-corrected chi connectivity index (χ2v) is 5.25. The minimum atomic E-state index is -0.471. The van der Waals surface area contributed by atoms with Crippen molar-refractivity contribution >= 4 is 5.91 Å². The Morgan fingerprint density at radius 1 is 1.19 bits per heavy atom. The number of nitrogens with two attached hydrogens (primary N) is 1. The van der Waals surface area contributed by atoms with Gasteiger partial charge in [-0.15, -0.1) is 0 Å². The third-order valence-corrected chi connectivity index (χ3v) is 2.38. The van der Waals surface area contributed by atoms with Gasteiger partial charge in [0.2, 0.25) is 5.91 Å². The Morgan fingerprint density at radius 2 is 1.69 bits per heavy atom. The number of carbonyl (C=O) groups excluding carboxylic acids is 1. The lowest BCUT2D eigenvalue weighted by molar-refractivity contribution is -0.123. The molecule has 0 aliphatic heterocycles. The first kappa shape index (κ1) is 15.4. The molecule has 0 aliphatic rings. The van der Waals surface area contributed by atoms with E-state index in [1.54, 1.807) is 0 Å². The first-order valence-corrected chi connectivity index (χ1v) is 6.03. The Morgan fingerprint density at radius 3 is 2.06 bits per heavy atom. The average Bonchev–Trinajstić information content (AvgIpc) is 2.14. The lowest BCUT2D eigenvalue weighted by Crippen LogP contribution is -2.47. The van der Waals surface area contributed by atoms with E-state index in [2.05, 4.69) is 19.2 Å². The monoisotopic (exact) mass is 230 g/mol. The van der Waals surface area contributed by atoms with Crippen LogP contribution in [0.5, 0.6) is 0 Å². The number of nitrogens with one attached hydrogen (secondary N) is 1. The molecule has 1 unspecified atom stereocenters. The van der Waals surface area contributed by atoms with Crippen molar-refractivity contribution in [2.24, 2.45) is 17.6 Å². The number of aliphatic hydroxyl groups excluding tert-OH is 1. The highest BCUT2D eigenvalue weighted by molar-refractivity contribution is 5.81. The number of hydrogen-bond donors (Lipinski definition) is 3. The van der Waals surface area contributed by atoms with Crippen molar-refractivity contribution in [2.45, 2.75) is 52.6 Å². The topological polar surface area (TPSA) is 75.3 Å². The van der Waals surface area contributed by atoms with Crippen LogP contribution >= 0.6 is 0 Å². The van der Waals surface area contributed by atoms with E-state index >= 15 is 0 Å². The molecule has 1 amide bonds. The Hall–Kier alpha value is -0.610. The first-order chi connectivity index (χ1) is 7.36. The summed E-state index contributed by atoms with van der Waals surface area (Å²) in [5, 5.41) is 11.9. The van der Waals surface area contributed by atoms with Crippen LogP contribution in [0.4, 0.5) is 0 Å². The molecule has 0 saturated heterocycles. The van der Waals surface area contributed by atoms with E-state index in [1.807, 2.05) is 13.8 Å². The van der Waals surface area contributed by atoms with Gasteiger partial charge in [-0.05, 0) is 24.7 Å². The predicted octanol–water partition coefficient (Wildman–Crippen LogP) is 0.883. The van der Waals surface area contributed by atoms with Crippen LogP contribution in [0.2, 0.25) is 0 Å². The molecule has 0 rings (SSSR count). The SMILES string of the molecule is CC(C)CC(CO)NC(=O)[C@H](N)CC(C)C. The van der Waals surface area contributed by atoms with Gasteiger partial charge < -0.3 is 16.2 Å². The fourth-order valence-electron chi connectivity index (χ4n) is 1.67. The normalized spacial score (nSPS) is 15.2. The number of amides is 1. The van der Waals surface area contributed by atoms with Gasteiger partial charge >= 0.3 is 0 Å². The summed E-state index contributed by atoms with van der Waals surface area (Å²) in [5.74, 6) is 0.686. The average molecular weight is 230 g/mol. The Labute approximate surface area is 98.6 Å². The molecule has 16 heavy (non-hydrogen) atoms. The highest BCUT2D eigenvalue weighted by Crippen LogP contribution is 2.06. The van der Waals surface area contributed by atoms with Gasteiger partial charge in [-0.25, -0.2) is 0 Å². The minimum Gasteiger partial charge on any atom is -0.394 e. The molecule has 0 heterocycles.